The number of thioether (sulfide) groups is 2. The minimum atomic E-state index is -0.137. The number of hydrogen-bond donors (Lipinski definition) is 1. The Morgan fingerprint density at radius 2 is 1.95 bits per heavy atom. The topological polar surface area (TPSA) is 59.8 Å². The molecular weight excluding hydrogens is 328 g/mol. The maximum atomic E-state index is 12.0. The van der Waals surface area contributed by atoms with Gasteiger partial charge in [0.05, 0.1) is 0 Å². The van der Waals surface area contributed by atoms with Crippen molar-refractivity contribution in [2.24, 2.45) is 0 Å². The average Bonchev–Trinajstić information content (AvgIpc) is 2.89. The molecule has 0 spiro atoms. The fourth-order valence-electron chi connectivity index (χ4n) is 1.78. The van der Waals surface area contributed by atoms with Crippen molar-refractivity contribution in [1.29, 1.82) is 0 Å². The smallest absolute Gasteiger partial charge is 0.251 e. The summed E-state index contributed by atoms with van der Waals surface area (Å²) in [6.07, 6.45) is 3.91. The second-order valence-electron chi connectivity index (χ2n) is 4.09. The Morgan fingerprint density at radius 3 is 2.52 bits per heavy atom. The van der Waals surface area contributed by atoms with Crippen LogP contribution in [0, 0.1) is 0 Å². The summed E-state index contributed by atoms with van der Waals surface area (Å²) in [5.41, 5.74) is 0.557. The zero-order valence-corrected chi connectivity index (χ0v) is 14.1. The first-order valence-electron chi connectivity index (χ1n) is 6.20. The molecule has 1 heterocycles. The number of halogens is 1. The Morgan fingerprint density at radius 1 is 1.29 bits per heavy atom. The molecule has 2 rings (SSSR count). The molecular formula is C13H15ClN4OS2. The van der Waals surface area contributed by atoms with Crippen LogP contribution in [-0.4, -0.2) is 39.7 Å². The zero-order chi connectivity index (χ0) is 15.2. The van der Waals surface area contributed by atoms with Gasteiger partial charge in [0.25, 0.3) is 5.91 Å². The third-order valence-corrected chi connectivity index (χ3v) is 4.33. The van der Waals surface area contributed by atoms with E-state index in [1.54, 1.807) is 24.3 Å². The molecule has 0 radical (unpaired) electrons. The van der Waals surface area contributed by atoms with Crippen LogP contribution in [0.25, 0.3) is 0 Å². The number of nitrogens with one attached hydrogen (secondary N) is 1. The summed E-state index contributed by atoms with van der Waals surface area (Å²) in [5.74, 6) is -0.137. The predicted molar refractivity (Wildman–Crippen MR) is 87.4 cm³/mol. The van der Waals surface area contributed by atoms with E-state index in [9.17, 15) is 4.79 Å². The number of benzene rings is 1. The van der Waals surface area contributed by atoms with Gasteiger partial charge in [-0.2, -0.15) is 0 Å². The quantitative estimate of drug-likeness (QED) is 0.818. The minimum Gasteiger partial charge on any atom is -0.350 e. The van der Waals surface area contributed by atoms with E-state index < -0.39 is 0 Å². The van der Waals surface area contributed by atoms with Gasteiger partial charge in [-0.25, -0.2) is 0 Å². The van der Waals surface area contributed by atoms with E-state index in [4.69, 9.17) is 11.6 Å². The Hall–Kier alpha value is -1.18. The maximum absolute atomic E-state index is 12.0. The number of amides is 1. The molecule has 1 aromatic heterocycles. The molecule has 1 aromatic carbocycles. The summed E-state index contributed by atoms with van der Waals surface area (Å²) in [6, 6.07) is 6.89. The lowest BCUT2D eigenvalue weighted by Crippen LogP contribution is -2.27. The molecule has 0 atom stereocenters. The number of nitrogens with zero attached hydrogens (tertiary/aromatic N) is 3. The standard InChI is InChI=1S/C13H15ClN4OS2/c1-20-12-16-17-13(21-2)18(12)7-6-15-11(19)9-4-3-5-10(14)8-9/h3-5,8H,6-7H2,1-2H3,(H,15,19). The van der Waals surface area contributed by atoms with Gasteiger partial charge >= 0.3 is 0 Å². The van der Waals surface area contributed by atoms with Crippen LogP contribution >= 0.6 is 35.1 Å². The van der Waals surface area contributed by atoms with E-state index in [1.165, 1.54) is 23.5 Å². The zero-order valence-electron chi connectivity index (χ0n) is 11.7. The van der Waals surface area contributed by atoms with Gasteiger partial charge in [0.2, 0.25) is 0 Å². The van der Waals surface area contributed by atoms with Crippen LogP contribution in [0.5, 0.6) is 0 Å². The molecule has 5 nitrogen and oxygen atoms in total. The summed E-state index contributed by atoms with van der Waals surface area (Å²) in [5, 5.41) is 13.3. The van der Waals surface area contributed by atoms with Crippen LogP contribution in [0.4, 0.5) is 0 Å². The van der Waals surface area contributed by atoms with Crippen molar-refractivity contribution in [3.63, 3.8) is 0 Å². The van der Waals surface area contributed by atoms with Gasteiger partial charge in [-0.3, -0.25) is 9.36 Å². The van der Waals surface area contributed by atoms with Gasteiger partial charge in [0.1, 0.15) is 0 Å². The fourth-order valence-corrected chi connectivity index (χ4v) is 3.07. The van der Waals surface area contributed by atoms with Crippen LogP contribution in [0.2, 0.25) is 5.02 Å². The summed E-state index contributed by atoms with van der Waals surface area (Å²) in [6.45, 7) is 1.14. The normalized spacial score (nSPS) is 10.6. The van der Waals surface area contributed by atoms with Crippen molar-refractivity contribution in [3.8, 4) is 0 Å². The number of rotatable bonds is 6. The molecule has 0 bridgehead atoms. The van der Waals surface area contributed by atoms with Crippen LogP contribution < -0.4 is 5.32 Å². The maximum Gasteiger partial charge on any atom is 0.251 e. The SMILES string of the molecule is CSc1nnc(SC)n1CCNC(=O)c1cccc(Cl)c1. The molecule has 0 aliphatic heterocycles. The highest BCUT2D eigenvalue weighted by Gasteiger charge is 2.11. The van der Waals surface area contributed by atoms with Crippen molar-refractivity contribution in [3.05, 3.63) is 34.9 Å². The third kappa shape index (κ3) is 4.15. The van der Waals surface area contributed by atoms with Gasteiger partial charge in [-0.1, -0.05) is 41.2 Å². The highest BCUT2D eigenvalue weighted by atomic mass is 35.5. The first-order chi connectivity index (χ1) is 10.2. The number of carbonyl (C=O) groups is 1. The largest absolute Gasteiger partial charge is 0.350 e. The van der Waals surface area contributed by atoms with E-state index in [0.717, 1.165) is 10.3 Å². The van der Waals surface area contributed by atoms with Crippen LogP contribution in [-0.2, 0) is 6.54 Å². The minimum absolute atomic E-state index is 0.137. The second kappa shape index (κ2) is 7.72. The highest BCUT2D eigenvalue weighted by Crippen LogP contribution is 2.19. The van der Waals surface area contributed by atoms with Gasteiger partial charge in [0.15, 0.2) is 10.3 Å². The highest BCUT2D eigenvalue weighted by molar-refractivity contribution is 7.99. The van der Waals surface area contributed by atoms with Gasteiger partial charge in [0, 0.05) is 23.7 Å². The van der Waals surface area contributed by atoms with E-state index in [2.05, 4.69) is 15.5 Å². The Labute approximate surface area is 136 Å². The van der Waals surface area contributed by atoms with E-state index in [0.29, 0.717) is 23.7 Å². The van der Waals surface area contributed by atoms with Crippen LogP contribution in [0.1, 0.15) is 10.4 Å². The van der Waals surface area contributed by atoms with Crippen molar-refractivity contribution < 1.29 is 4.79 Å². The number of aromatic nitrogens is 3. The lowest BCUT2D eigenvalue weighted by Gasteiger charge is -2.09. The Balaban J connectivity index is 1.95. The molecule has 0 unspecified atom stereocenters. The van der Waals surface area contributed by atoms with Crippen molar-refractivity contribution in [2.75, 3.05) is 19.1 Å². The molecule has 1 N–H and O–H groups in total. The number of hydrogen-bond acceptors (Lipinski definition) is 5. The van der Waals surface area contributed by atoms with Gasteiger partial charge in [-0.05, 0) is 30.7 Å². The van der Waals surface area contributed by atoms with Crippen molar-refractivity contribution in [2.45, 2.75) is 16.9 Å². The van der Waals surface area contributed by atoms with Crippen LogP contribution in [0.15, 0.2) is 34.6 Å². The third-order valence-electron chi connectivity index (χ3n) is 2.76. The molecule has 0 aliphatic carbocycles. The average molecular weight is 343 g/mol. The fraction of sp³-hybridized carbons (Fsp3) is 0.308. The first kappa shape index (κ1) is 16.2. The molecule has 112 valence electrons. The van der Waals surface area contributed by atoms with E-state index in [-0.39, 0.29) is 5.91 Å². The monoisotopic (exact) mass is 342 g/mol. The summed E-state index contributed by atoms with van der Waals surface area (Å²) in [4.78, 5) is 12.0. The first-order valence-corrected chi connectivity index (χ1v) is 9.03. The van der Waals surface area contributed by atoms with Crippen LogP contribution in [0.3, 0.4) is 0 Å². The molecule has 21 heavy (non-hydrogen) atoms. The number of carbonyl (C=O) groups excluding carboxylic acids is 1. The Bertz CT molecular complexity index is 611. The van der Waals surface area contributed by atoms with Crippen molar-refractivity contribution in [1.82, 2.24) is 20.1 Å². The second-order valence-corrected chi connectivity index (χ2v) is 6.07. The predicted octanol–water partition coefficient (Wildman–Crippen LogP) is 2.81. The lowest BCUT2D eigenvalue weighted by atomic mass is 10.2. The molecule has 8 heteroatoms. The summed E-state index contributed by atoms with van der Waals surface area (Å²) < 4.78 is 1.99. The summed E-state index contributed by atoms with van der Waals surface area (Å²) in [7, 11) is 0. The molecule has 0 saturated carbocycles. The molecule has 0 saturated heterocycles. The Kier molecular flexibility index (Phi) is 5.96. The molecule has 1 amide bonds. The molecule has 2 aromatic rings. The van der Waals surface area contributed by atoms with E-state index >= 15 is 0 Å². The molecule has 0 aliphatic rings. The summed E-state index contributed by atoms with van der Waals surface area (Å²) >= 11 is 8.95. The molecule has 0 fully saturated rings. The van der Waals surface area contributed by atoms with Gasteiger partial charge < -0.3 is 5.32 Å². The van der Waals surface area contributed by atoms with Crippen molar-refractivity contribution >= 4 is 41.0 Å². The van der Waals surface area contributed by atoms with Gasteiger partial charge in [-0.15, -0.1) is 10.2 Å². The lowest BCUT2D eigenvalue weighted by molar-refractivity contribution is 0.0951. The van der Waals surface area contributed by atoms with E-state index in [1.807, 2.05) is 17.1 Å².